The zero-order chi connectivity index (χ0) is 33.5. The molecule has 45 heavy (non-hydrogen) atoms. The first-order chi connectivity index (χ1) is 21.4. The Bertz CT molecular complexity index is 1260. The summed E-state index contributed by atoms with van der Waals surface area (Å²) in [5.74, 6) is -2.31. The summed E-state index contributed by atoms with van der Waals surface area (Å²) in [6.45, 7) is 0.131. The summed E-state index contributed by atoms with van der Waals surface area (Å²) in [6, 6.07) is 2.48. The van der Waals surface area contributed by atoms with Gasteiger partial charge in [-0.05, 0) is 25.3 Å². The number of halogens is 1. The van der Waals surface area contributed by atoms with Crippen molar-refractivity contribution in [2.24, 2.45) is 0 Å². The number of hydrogen-bond acceptors (Lipinski definition) is 12. The zero-order valence-electron chi connectivity index (χ0n) is 25.3. The van der Waals surface area contributed by atoms with Crippen molar-refractivity contribution < 1.29 is 52.7 Å². The summed E-state index contributed by atoms with van der Waals surface area (Å²) in [5.41, 5.74) is -0.379. The van der Waals surface area contributed by atoms with Crippen molar-refractivity contribution in [2.75, 3.05) is 40.2 Å². The lowest BCUT2D eigenvalue weighted by molar-refractivity contribution is -0.386. The van der Waals surface area contributed by atoms with Crippen molar-refractivity contribution in [1.29, 1.82) is 0 Å². The highest BCUT2D eigenvalue weighted by Gasteiger charge is 2.33. The number of benzene rings is 1. The fraction of sp³-hybridized carbons (Fsp3) is 0.571. The molecule has 0 saturated carbocycles. The number of alkyl halides is 1. The predicted octanol–water partition coefficient (Wildman–Crippen LogP) is 2.98. The lowest BCUT2D eigenvalue weighted by Crippen LogP contribution is -2.32. The van der Waals surface area contributed by atoms with Crippen molar-refractivity contribution in [3.8, 4) is 11.5 Å². The molecule has 1 N–H and O–H groups in total. The van der Waals surface area contributed by atoms with E-state index in [0.717, 1.165) is 6.07 Å². The topological polar surface area (TPSA) is 201 Å². The monoisotopic (exact) mass is 656 g/mol. The average molecular weight is 657 g/mol. The minimum absolute atomic E-state index is 0.0134. The number of alkyl carbamates (subject to hydrolysis) is 1. The Hall–Kier alpha value is -4.47. The Morgan fingerprint density at radius 1 is 1.02 bits per heavy atom. The molecule has 0 bridgehead atoms. The number of unbranched alkanes of at least 4 members (excludes halogenated alkanes) is 1. The van der Waals surface area contributed by atoms with Gasteiger partial charge >= 0.3 is 12.1 Å². The second kappa shape index (κ2) is 18.4. The van der Waals surface area contributed by atoms with Crippen molar-refractivity contribution in [1.82, 2.24) is 15.3 Å². The largest absolute Gasteiger partial charge is 0.493 e. The number of nitro benzene ring substituents is 1. The molecule has 1 unspecified atom stereocenters. The smallest absolute Gasteiger partial charge is 0.407 e. The number of nitrogens with one attached hydrogen (secondary N) is 1. The predicted molar refractivity (Wildman–Crippen MR) is 156 cm³/mol. The number of rotatable bonds is 19. The molecule has 0 radical (unpaired) electrons. The number of hydroxylamine groups is 2. The van der Waals surface area contributed by atoms with Crippen LogP contribution in [0.3, 0.4) is 0 Å². The minimum atomic E-state index is -1.18. The lowest BCUT2D eigenvalue weighted by atomic mass is 10.0. The van der Waals surface area contributed by atoms with Crippen LogP contribution in [0.1, 0.15) is 69.5 Å². The molecule has 1 heterocycles. The second-order valence-corrected chi connectivity index (χ2v) is 10.2. The van der Waals surface area contributed by atoms with Crippen LogP contribution in [-0.2, 0) is 33.5 Å². The third kappa shape index (κ3) is 11.5. The number of nitrogens with zero attached hydrogens (tertiary/aromatic N) is 3. The summed E-state index contributed by atoms with van der Waals surface area (Å²) in [5, 5.41) is 14.9. The number of nitro groups is 1. The number of ketones is 1. The molecule has 16 nitrogen and oxygen atoms in total. The summed E-state index contributed by atoms with van der Waals surface area (Å²) in [4.78, 5) is 89.3. The molecule has 1 atom stereocenters. The Kier molecular flexibility index (Phi) is 15.0. The Morgan fingerprint density at radius 3 is 2.24 bits per heavy atom. The number of amides is 4. The first kappa shape index (κ1) is 36.7. The van der Waals surface area contributed by atoms with Gasteiger partial charge in [0.15, 0.2) is 11.5 Å². The van der Waals surface area contributed by atoms with Crippen LogP contribution in [0.25, 0.3) is 0 Å². The van der Waals surface area contributed by atoms with Gasteiger partial charge in [-0.1, -0.05) is 0 Å². The highest BCUT2D eigenvalue weighted by Crippen LogP contribution is 2.39. The SMILES string of the molecule is COc1cc(C(CCN(C)C(=O)CCCCC(=O)ON2C(=O)CCC2=O)OC(=O)NCCCC(=O)CCl)c([N+](=O)[O-])cc1OC. The molecule has 0 aromatic heterocycles. The highest BCUT2D eigenvalue weighted by atomic mass is 35.5. The molecule has 1 saturated heterocycles. The fourth-order valence-electron chi connectivity index (χ4n) is 4.27. The van der Waals surface area contributed by atoms with Crippen molar-refractivity contribution in [3.05, 3.63) is 27.8 Å². The number of hydrogen-bond donors (Lipinski definition) is 1. The molecule has 1 aliphatic heterocycles. The molecule has 1 aromatic rings. The number of carbonyl (C=O) groups excluding carboxylic acids is 6. The van der Waals surface area contributed by atoms with E-state index < -0.39 is 40.6 Å². The molecular weight excluding hydrogens is 620 g/mol. The number of imide groups is 1. The first-order valence-corrected chi connectivity index (χ1v) is 14.7. The molecule has 0 spiro atoms. The Balaban J connectivity index is 2.03. The van der Waals surface area contributed by atoms with Crippen molar-refractivity contribution >= 4 is 52.9 Å². The van der Waals surface area contributed by atoms with Gasteiger partial charge in [0, 0.05) is 58.7 Å². The maximum Gasteiger partial charge on any atom is 0.407 e. The maximum absolute atomic E-state index is 12.7. The van der Waals surface area contributed by atoms with E-state index in [4.69, 9.17) is 30.6 Å². The van der Waals surface area contributed by atoms with Crippen LogP contribution in [0.15, 0.2) is 12.1 Å². The van der Waals surface area contributed by atoms with E-state index in [1.54, 1.807) is 0 Å². The van der Waals surface area contributed by atoms with Gasteiger partial charge in [0.25, 0.3) is 17.5 Å². The van der Waals surface area contributed by atoms with Gasteiger partial charge in [-0.2, -0.15) is 0 Å². The molecular formula is C28H37ClN4O12. The van der Waals surface area contributed by atoms with E-state index in [-0.39, 0.29) is 92.7 Å². The van der Waals surface area contributed by atoms with Crippen LogP contribution in [0, 0.1) is 10.1 Å². The first-order valence-electron chi connectivity index (χ1n) is 14.1. The molecule has 0 aliphatic carbocycles. The molecule has 2 rings (SSSR count). The molecule has 4 amide bonds. The third-order valence-electron chi connectivity index (χ3n) is 6.75. The molecule has 1 aromatic carbocycles. The van der Waals surface area contributed by atoms with Gasteiger partial charge in [0.05, 0.1) is 36.7 Å². The van der Waals surface area contributed by atoms with Crippen LogP contribution in [0.2, 0.25) is 0 Å². The van der Waals surface area contributed by atoms with E-state index in [9.17, 15) is 38.9 Å². The summed E-state index contributed by atoms with van der Waals surface area (Å²) in [6.07, 6.45) is -1.16. The van der Waals surface area contributed by atoms with Gasteiger partial charge < -0.3 is 29.3 Å². The standard InChI is InChI=1S/C28H37ClN4O12/c1-31(24(35)8-4-5-9-27(38)45-32-25(36)10-11-26(32)37)14-12-21(44-28(39)30-13-6-7-18(34)17-29)19-15-22(42-2)23(43-3)16-20(19)33(40)41/h15-16,21H,4-14,17H2,1-3H3,(H,30,39). The molecule has 248 valence electrons. The summed E-state index contributed by atoms with van der Waals surface area (Å²) >= 11 is 5.48. The Morgan fingerprint density at radius 2 is 1.64 bits per heavy atom. The van der Waals surface area contributed by atoms with E-state index in [0.29, 0.717) is 17.9 Å². The van der Waals surface area contributed by atoms with Gasteiger partial charge in [-0.15, -0.1) is 16.7 Å². The zero-order valence-corrected chi connectivity index (χ0v) is 26.1. The van der Waals surface area contributed by atoms with Crippen LogP contribution in [0.5, 0.6) is 11.5 Å². The van der Waals surface area contributed by atoms with E-state index in [2.05, 4.69) is 5.32 Å². The minimum Gasteiger partial charge on any atom is -0.493 e. The number of ether oxygens (including phenoxy) is 3. The van der Waals surface area contributed by atoms with Crippen LogP contribution in [0.4, 0.5) is 10.5 Å². The highest BCUT2D eigenvalue weighted by molar-refractivity contribution is 6.27. The molecule has 1 aliphatic rings. The van der Waals surface area contributed by atoms with Gasteiger partial charge in [0.2, 0.25) is 5.91 Å². The van der Waals surface area contributed by atoms with Crippen molar-refractivity contribution in [2.45, 2.75) is 63.9 Å². The van der Waals surface area contributed by atoms with Gasteiger partial charge in [0.1, 0.15) is 11.9 Å². The van der Waals surface area contributed by atoms with Crippen LogP contribution >= 0.6 is 11.6 Å². The van der Waals surface area contributed by atoms with E-state index in [1.165, 1.54) is 32.2 Å². The third-order valence-corrected chi connectivity index (χ3v) is 7.05. The number of Topliss-reactive ketones (excluding diaryl/α,β-unsaturated/α-hetero) is 1. The normalized spacial score (nSPS) is 13.2. The van der Waals surface area contributed by atoms with Crippen molar-refractivity contribution in [3.63, 3.8) is 0 Å². The number of carbonyl (C=O) groups is 6. The quantitative estimate of drug-likeness (QED) is 0.0751. The Labute approximate surface area is 264 Å². The average Bonchev–Trinajstić information content (AvgIpc) is 3.34. The summed E-state index contributed by atoms with van der Waals surface area (Å²) in [7, 11) is 4.17. The van der Waals surface area contributed by atoms with E-state index >= 15 is 0 Å². The molecule has 17 heteroatoms. The lowest BCUT2D eigenvalue weighted by Gasteiger charge is -2.23. The molecule has 1 fully saturated rings. The van der Waals surface area contributed by atoms with Crippen LogP contribution < -0.4 is 14.8 Å². The maximum atomic E-state index is 12.7. The number of methoxy groups -OCH3 is 2. The van der Waals surface area contributed by atoms with Gasteiger partial charge in [-0.25, -0.2) is 9.59 Å². The van der Waals surface area contributed by atoms with E-state index in [1.807, 2.05) is 0 Å². The summed E-state index contributed by atoms with van der Waals surface area (Å²) < 4.78 is 16.0. The fourth-order valence-corrected chi connectivity index (χ4v) is 4.40. The second-order valence-electron chi connectivity index (χ2n) is 9.98. The van der Waals surface area contributed by atoms with Gasteiger partial charge in [-0.3, -0.25) is 29.3 Å². The van der Waals surface area contributed by atoms with Crippen LogP contribution in [-0.4, -0.2) is 90.7 Å².